The highest BCUT2D eigenvalue weighted by Gasteiger charge is 2.32. The van der Waals surface area contributed by atoms with E-state index in [1.54, 1.807) is 0 Å². The summed E-state index contributed by atoms with van der Waals surface area (Å²) in [7, 11) is 0. The van der Waals surface area contributed by atoms with Gasteiger partial charge in [-0.2, -0.15) is 5.10 Å². The van der Waals surface area contributed by atoms with Crippen LogP contribution in [0.5, 0.6) is 0 Å². The highest BCUT2D eigenvalue weighted by atomic mass is 16.7. The molecule has 6 heteroatoms. The lowest BCUT2D eigenvalue weighted by molar-refractivity contribution is -0.0893. The van der Waals surface area contributed by atoms with Crippen molar-refractivity contribution in [2.75, 3.05) is 13.4 Å². The van der Waals surface area contributed by atoms with Crippen molar-refractivity contribution >= 4 is 5.91 Å². The number of ether oxygens (including phenoxy) is 2. The van der Waals surface area contributed by atoms with Crippen molar-refractivity contribution < 1.29 is 14.3 Å². The van der Waals surface area contributed by atoms with Gasteiger partial charge in [0.15, 0.2) is 5.69 Å². The van der Waals surface area contributed by atoms with Crippen LogP contribution in [-0.2, 0) is 22.3 Å². The fraction of sp³-hybridized carbons (Fsp3) is 0.600. The Morgan fingerprint density at radius 2 is 1.97 bits per heavy atom. The highest BCUT2D eigenvalue weighted by molar-refractivity contribution is 5.94. The smallest absolute Gasteiger partial charge is 0.272 e. The van der Waals surface area contributed by atoms with Crippen LogP contribution in [-0.4, -0.2) is 35.2 Å². The van der Waals surface area contributed by atoms with E-state index in [0.717, 1.165) is 43.2 Å². The molecule has 2 aliphatic carbocycles. The van der Waals surface area contributed by atoms with Crippen molar-refractivity contribution in [1.82, 2.24) is 15.1 Å². The van der Waals surface area contributed by atoms with Crippen molar-refractivity contribution in [3.8, 4) is 0 Å². The average molecular weight is 426 g/mol. The number of hydrogen-bond donors (Lipinski definition) is 1. The Labute approximate surface area is 185 Å². The van der Waals surface area contributed by atoms with Crippen molar-refractivity contribution in [3.63, 3.8) is 0 Å². The molecular formula is C25H35N3O3. The SMILES string of the molecule is CCOCOC1CCc2c(c(C(=O)NC(C)c3ccccc3)nn2C2CCCCC2)C1. The van der Waals surface area contributed by atoms with Crippen LogP contribution in [0.15, 0.2) is 30.3 Å². The predicted molar refractivity (Wildman–Crippen MR) is 120 cm³/mol. The summed E-state index contributed by atoms with van der Waals surface area (Å²) in [5.74, 6) is -0.0902. The summed E-state index contributed by atoms with van der Waals surface area (Å²) in [5, 5.41) is 8.08. The molecule has 1 saturated carbocycles. The molecule has 0 spiro atoms. The lowest BCUT2D eigenvalue weighted by Gasteiger charge is -2.27. The Morgan fingerprint density at radius 3 is 2.71 bits per heavy atom. The fourth-order valence-corrected chi connectivity index (χ4v) is 4.88. The van der Waals surface area contributed by atoms with Crippen LogP contribution in [0.1, 0.15) is 91.8 Å². The third kappa shape index (κ3) is 5.18. The second kappa shape index (κ2) is 10.4. The first-order valence-electron chi connectivity index (χ1n) is 11.8. The van der Waals surface area contributed by atoms with Gasteiger partial charge in [-0.25, -0.2) is 0 Å². The molecule has 0 saturated heterocycles. The maximum atomic E-state index is 13.3. The highest BCUT2D eigenvalue weighted by Crippen LogP contribution is 2.34. The largest absolute Gasteiger partial charge is 0.356 e. The number of nitrogens with one attached hydrogen (secondary N) is 1. The van der Waals surface area contributed by atoms with Crippen LogP contribution in [0, 0.1) is 0 Å². The lowest BCUT2D eigenvalue weighted by atomic mass is 9.91. The summed E-state index contributed by atoms with van der Waals surface area (Å²) in [6.45, 7) is 4.93. The van der Waals surface area contributed by atoms with E-state index in [2.05, 4.69) is 10.00 Å². The van der Waals surface area contributed by atoms with Gasteiger partial charge in [-0.15, -0.1) is 0 Å². The van der Waals surface area contributed by atoms with Gasteiger partial charge in [-0.05, 0) is 45.1 Å². The fourth-order valence-electron chi connectivity index (χ4n) is 4.88. The van der Waals surface area contributed by atoms with E-state index in [9.17, 15) is 4.79 Å². The van der Waals surface area contributed by atoms with E-state index in [0.29, 0.717) is 25.1 Å². The monoisotopic (exact) mass is 425 g/mol. The van der Waals surface area contributed by atoms with Crippen LogP contribution in [0.2, 0.25) is 0 Å². The molecule has 168 valence electrons. The number of aromatic nitrogens is 2. The number of nitrogens with zero attached hydrogens (tertiary/aromatic N) is 2. The molecule has 2 atom stereocenters. The second-order valence-corrected chi connectivity index (χ2v) is 8.76. The molecule has 0 radical (unpaired) electrons. The van der Waals surface area contributed by atoms with Crippen molar-refractivity contribution in [2.24, 2.45) is 0 Å². The zero-order valence-corrected chi connectivity index (χ0v) is 18.8. The normalized spacial score (nSPS) is 20.3. The van der Waals surface area contributed by atoms with E-state index >= 15 is 0 Å². The standard InChI is InChI=1S/C25H35N3O3/c1-3-30-17-31-21-14-15-23-22(16-21)24(27-28(23)20-12-8-5-9-13-20)25(29)26-18(2)19-10-6-4-7-11-19/h4,6-7,10-11,18,20-21H,3,5,8-9,12-17H2,1-2H3,(H,26,29). The van der Waals surface area contributed by atoms with Gasteiger partial charge in [0.2, 0.25) is 0 Å². The topological polar surface area (TPSA) is 65.4 Å². The molecular weight excluding hydrogens is 390 g/mol. The summed E-state index contributed by atoms with van der Waals surface area (Å²) in [4.78, 5) is 13.3. The minimum atomic E-state index is -0.0902. The van der Waals surface area contributed by atoms with Crippen LogP contribution in [0.25, 0.3) is 0 Å². The maximum Gasteiger partial charge on any atom is 0.272 e. The Morgan fingerprint density at radius 1 is 1.19 bits per heavy atom. The number of benzene rings is 1. The summed E-state index contributed by atoms with van der Waals surface area (Å²) < 4.78 is 13.5. The number of carbonyl (C=O) groups is 1. The molecule has 2 aromatic rings. The average Bonchev–Trinajstić information content (AvgIpc) is 3.19. The van der Waals surface area contributed by atoms with Crippen LogP contribution < -0.4 is 5.32 Å². The van der Waals surface area contributed by atoms with Gasteiger partial charge in [0.25, 0.3) is 5.91 Å². The Bertz CT molecular complexity index is 858. The molecule has 1 heterocycles. The second-order valence-electron chi connectivity index (χ2n) is 8.76. The zero-order valence-electron chi connectivity index (χ0n) is 18.8. The number of rotatable bonds is 8. The van der Waals surface area contributed by atoms with Crippen molar-refractivity contribution in [1.29, 1.82) is 0 Å². The van der Waals surface area contributed by atoms with Crippen LogP contribution in [0.3, 0.4) is 0 Å². The summed E-state index contributed by atoms with van der Waals surface area (Å²) in [6, 6.07) is 10.4. The number of amides is 1. The van der Waals surface area contributed by atoms with Gasteiger partial charge in [0.05, 0.1) is 18.2 Å². The minimum Gasteiger partial charge on any atom is -0.356 e. The molecule has 31 heavy (non-hydrogen) atoms. The first-order chi connectivity index (χ1) is 15.2. The van der Waals surface area contributed by atoms with E-state index < -0.39 is 0 Å². The van der Waals surface area contributed by atoms with E-state index in [4.69, 9.17) is 14.6 Å². The Hall–Kier alpha value is -2.18. The van der Waals surface area contributed by atoms with E-state index in [1.165, 1.54) is 25.0 Å². The first-order valence-corrected chi connectivity index (χ1v) is 11.8. The van der Waals surface area contributed by atoms with Gasteiger partial charge in [0, 0.05) is 24.3 Å². The third-order valence-electron chi connectivity index (χ3n) is 6.63. The van der Waals surface area contributed by atoms with E-state index in [1.807, 2.05) is 44.2 Å². The third-order valence-corrected chi connectivity index (χ3v) is 6.63. The number of carbonyl (C=O) groups excluding carboxylic acids is 1. The van der Waals surface area contributed by atoms with Gasteiger partial charge in [-0.1, -0.05) is 49.6 Å². The maximum absolute atomic E-state index is 13.3. The Balaban J connectivity index is 1.57. The molecule has 1 N–H and O–H groups in total. The molecule has 0 bridgehead atoms. The first kappa shape index (κ1) is 22.0. The Kier molecular flexibility index (Phi) is 7.41. The molecule has 6 nitrogen and oxygen atoms in total. The molecule has 1 fully saturated rings. The number of hydrogen-bond acceptors (Lipinski definition) is 4. The number of fused-ring (bicyclic) bond motifs is 1. The van der Waals surface area contributed by atoms with Gasteiger partial charge < -0.3 is 14.8 Å². The quantitative estimate of drug-likeness (QED) is 0.490. The summed E-state index contributed by atoms with van der Waals surface area (Å²) in [6.07, 6.45) is 8.72. The molecule has 1 amide bonds. The molecule has 0 aliphatic heterocycles. The lowest BCUT2D eigenvalue weighted by Crippen LogP contribution is -2.30. The van der Waals surface area contributed by atoms with Crippen molar-refractivity contribution in [2.45, 2.75) is 83.4 Å². The molecule has 4 rings (SSSR count). The molecule has 2 unspecified atom stereocenters. The van der Waals surface area contributed by atoms with E-state index in [-0.39, 0.29) is 18.1 Å². The molecule has 1 aromatic heterocycles. The van der Waals surface area contributed by atoms with Crippen LogP contribution in [0.4, 0.5) is 0 Å². The van der Waals surface area contributed by atoms with Crippen LogP contribution >= 0.6 is 0 Å². The van der Waals surface area contributed by atoms with Crippen molar-refractivity contribution in [3.05, 3.63) is 52.8 Å². The molecule has 1 aromatic carbocycles. The zero-order chi connectivity index (χ0) is 21.6. The predicted octanol–water partition coefficient (Wildman–Crippen LogP) is 4.75. The van der Waals surface area contributed by atoms with Gasteiger partial charge >= 0.3 is 0 Å². The van der Waals surface area contributed by atoms with Gasteiger partial charge in [-0.3, -0.25) is 9.48 Å². The molecule has 2 aliphatic rings. The minimum absolute atomic E-state index is 0.0705. The summed E-state index contributed by atoms with van der Waals surface area (Å²) in [5.41, 5.74) is 3.97. The summed E-state index contributed by atoms with van der Waals surface area (Å²) >= 11 is 0. The van der Waals surface area contributed by atoms with Gasteiger partial charge in [0.1, 0.15) is 6.79 Å².